The molecule has 0 radical (unpaired) electrons. The number of hydrogen-bond donors (Lipinski definition) is 0. The molecule has 0 nitrogen and oxygen atoms in total. The first-order chi connectivity index (χ1) is 6.22. The molecule has 0 spiro atoms. The van der Waals surface area contributed by atoms with Gasteiger partial charge in [-0.2, -0.15) is 0 Å². The van der Waals surface area contributed by atoms with Crippen molar-refractivity contribution >= 4 is 17.1 Å². The quantitative estimate of drug-likeness (QED) is 0.402. The smallest absolute Gasteiger partial charge is 0.00433 e. The van der Waals surface area contributed by atoms with Gasteiger partial charge in [0.15, 0.2) is 0 Å². The third-order valence-electron chi connectivity index (χ3n) is 2.55. The molecule has 78 valence electrons. The molecule has 0 N–H and O–H groups in total. The summed E-state index contributed by atoms with van der Waals surface area (Å²) in [7, 11) is 0. The molecule has 1 unspecified atom stereocenters. The molecule has 0 amide bonds. The van der Waals surface area contributed by atoms with E-state index in [4.69, 9.17) is 12.2 Å². The molecule has 0 fully saturated rings. The van der Waals surface area contributed by atoms with Crippen LogP contribution in [0.1, 0.15) is 65.7 Å². The van der Waals surface area contributed by atoms with E-state index in [1.807, 2.05) is 0 Å². The lowest BCUT2D eigenvalue weighted by Crippen LogP contribution is -2.07. The lowest BCUT2D eigenvalue weighted by Gasteiger charge is -2.11. The third kappa shape index (κ3) is 7.18. The van der Waals surface area contributed by atoms with Crippen molar-refractivity contribution in [3.05, 3.63) is 0 Å². The summed E-state index contributed by atoms with van der Waals surface area (Å²) < 4.78 is 0. The average Bonchev–Trinajstić information content (AvgIpc) is 2.12. The van der Waals surface area contributed by atoms with Gasteiger partial charge in [0.2, 0.25) is 0 Å². The van der Waals surface area contributed by atoms with Crippen LogP contribution in [0.5, 0.6) is 0 Å². The highest BCUT2D eigenvalue weighted by atomic mass is 32.1. The molecule has 0 aromatic rings. The van der Waals surface area contributed by atoms with Gasteiger partial charge in [-0.05, 0) is 30.0 Å². The number of rotatable bonds is 8. The SMILES string of the molecule is CCCCCCC(=S)C(C)CCC. The topological polar surface area (TPSA) is 0 Å². The van der Waals surface area contributed by atoms with Gasteiger partial charge in [0, 0.05) is 0 Å². The molecule has 0 aromatic carbocycles. The summed E-state index contributed by atoms with van der Waals surface area (Å²) in [4.78, 5) is 1.30. The first-order valence-corrected chi connectivity index (χ1v) is 6.15. The van der Waals surface area contributed by atoms with E-state index in [2.05, 4.69) is 20.8 Å². The van der Waals surface area contributed by atoms with Crippen molar-refractivity contribution in [2.45, 2.75) is 65.7 Å². The Balaban J connectivity index is 3.38. The van der Waals surface area contributed by atoms with Crippen LogP contribution in [0.3, 0.4) is 0 Å². The Morgan fingerprint density at radius 3 is 2.31 bits per heavy atom. The minimum Gasteiger partial charge on any atom is -0.0894 e. The van der Waals surface area contributed by atoms with E-state index in [9.17, 15) is 0 Å². The van der Waals surface area contributed by atoms with E-state index in [0.717, 1.165) is 0 Å². The fourth-order valence-electron chi connectivity index (χ4n) is 1.57. The zero-order valence-corrected chi connectivity index (χ0v) is 10.3. The van der Waals surface area contributed by atoms with E-state index in [1.54, 1.807) is 0 Å². The van der Waals surface area contributed by atoms with Crippen LogP contribution in [0.4, 0.5) is 0 Å². The van der Waals surface area contributed by atoms with Crippen LogP contribution in [0.15, 0.2) is 0 Å². The van der Waals surface area contributed by atoms with Crippen LogP contribution < -0.4 is 0 Å². The molecule has 1 atom stereocenters. The molecule has 0 bridgehead atoms. The minimum absolute atomic E-state index is 0.668. The molecular formula is C12H24S. The predicted molar refractivity (Wildman–Crippen MR) is 65.4 cm³/mol. The third-order valence-corrected chi connectivity index (χ3v) is 3.15. The minimum atomic E-state index is 0.668. The van der Waals surface area contributed by atoms with Crippen LogP contribution >= 0.6 is 12.2 Å². The van der Waals surface area contributed by atoms with Gasteiger partial charge in [0.25, 0.3) is 0 Å². The molecule has 0 rings (SSSR count). The standard InChI is InChI=1S/C12H24S/c1-4-6-7-8-10-12(13)11(3)9-5-2/h11H,4-10H2,1-3H3. The van der Waals surface area contributed by atoms with Crippen LogP contribution in [0, 0.1) is 5.92 Å². The Bertz CT molecular complexity index is 129. The summed E-state index contributed by atoms with van der Waals surface area (Å²) in [6, 6.07) is 0. The summed E-state index contributed by atoms with van der Waals surface area (Å²) in [5, 5.41) is 0. The zero-order valence-electron chi connectivity index (χ0n) is 9.44. The summed E-state index contributed by atoms with van der Waals surface area (Å²) >= 11 is 5.39. The van der Waals surface area contributed by atoms with Gasteiger partial charge in [-0.15, -0.1) is 0 Å². The number of hydrogen-bond acceptors (Lipinski definition) is 1. The number of unbranched alkanes of at least 4 members (excludes halogenated alkanes) is 3. The Morgan fingerprint density at radius 2 is 1.77 bits per heavy atom. The maximum absolute atomic E-state index is 5.39. The van der Waals surface area contributed by atoms with Gasteiger partial charge < -0.3 is 0 Å². The maximum atomic E-state index is 5.39. The van der Waals surface area contributed by atoms with E-state index < -0.39 is 0 Å². The highest BCUT2D eigenvalue weighted by Crippen LogP contribution is 2.13. The molecule has 1 heteroatoms. The molecular weight excluding hydrogens is 176 g/mol. The van der Waals surface area contributed by atoms with Gasteiger partial charge in [0.05, 0.1) is 0 Å². The van der Waals surface area contributed by atoms with Gasteiger partial charge in [-0.3, -0.25) is 0 Å². The van der Waals surface area contributed by atoms with Crippen molar-refractivity contribution in [3.63, 3.8) is 0 Å². The first kappa shape index (κ1) is 13.1. The second-order valence-corrected chi connectivity index (χ2v) is 4.49. The zero-order chi connectivity index (χ0) is 10.1. The number of thiocarbonyl (C=S) groups is 1. The molecule has 0 saturated heterocycles. The fraction of sp³-hybridized carbons (Fsp3) is 0.917. The molecule has 0 aliphatic heterocycles. The van der Waals surface area contributed by atoms with Crippen LogP contribution in [0.2, 0.25) is 0 Å². The Kier molecular flexibility index (Phi) is 8.74. The Morgan fingerprint density at radius 1 is 1.08 bits per heavy atom. The lowest BCUT2D eigenvalue weighted by molar-refractivity contribution is 0.639. The van der Waals surface area contributed by atoms with Gasteiger partial charge in [-0.25, -0.2) is 0 Å². The highest BCUT2D eigenvalue weighted by Gasteiger charge is 2.06. The second-order valence-electron chi connectivity index (χ2n) is 3.97. The normalized spacial score (nSPS) is 12.8. The molecule has 0 heterocycles. The van der Waals surface area contributed by atoms with Crippen molar-refractivity contribution in [1.82, 2.24) is 0 Å². The summed E-state index contributed by atoms with van der Waals surface area (Å²) in [6.45, 7) is 6.75. The highest BCUT2D eigenvalue weighted by molar-refractivity contribution is 7.80. The Hall–Kier alpha value is 0.0900. The predicted octanol–water partition coefficient (Wildman–Crippen LogP) is 4.76. The van der Waals surface area contributed by atoms with Crippen molar-refractivity contribution in [3.8, 4) is 0 Å². The van der Waals surface area contributed by atoms with Crippen LogP contribution in [0.25, 0.3) is 0 Å². The van der Waals surface area contributed by atoms with Crippen molar-refractivity contribution < 1.29 is 0 Å². The largest absolute Gasteiger partial charge is 0.0894 e. The Labute approximate surface area is 89.1 Å². The summed E-state index contributed by atoms with van der Waals surface area (Å²) in [5.41, 5.74) is 0. The van der Waals surface area contributed by atoms with Crippen LogP contribution in [-0.4, -0.2) is 4.86 Å². The van der Waals surface area contributed by atoms with E-state index in [1.165, 1.54) is 49.8 Å². The molecule has 0 aromatic heterocycles. The summed E-state index contributed by atoms with van der Waals surface area (Å²) in [6.07, 6.45) is 9.05. The lowest BCUT2D eigenvalue weighted by atomic mass is 9.98. The van der Waals surface area contributed by atoms with Crippen molar-refractivity contribution in [2.24, 2.45) is 5.92 Å². The first-order valence-electron chi connectivity index (χ1n) is 5.75. The molecule has 0 saturated carbocycles. The van der Waals surface area contributed by atoms with Gasteiger partial charge in [-0.1, -0.05) is 58.7 Å². The second kappa shape index (κ2) is 8.68. The molecule has 0 aliphatic rings. The average molecular weight is 200 g/mol. The monoisotopic (exact) mass is 200 g/mol. The summed E-state index contributed by atoms with van der Waals surface area (Å²) in [5.74, 6) is 0.668. The van der Waals surface area contributed by atoms with Gasteiger partial charge in [0.1, 0.15) is 0 Å². The molecule has 0 aliphatic carbocycles. The maximum Gasteiger partial charge on any atom is -0.00433 e. The molecule has 13 heavy (non-hydrogen) atoms. The van der Waals surface area contributed by atoms with Gasteiger partial charge >= 0.3 is 0 Å². The van der Waals surface area contributed by atoms with Crippen molar-refractivity contribution in [2.75, 3.05) is 0 Å². The van der Waals surface area contributed by atoms with E-state index in [0.29, 0.717) is 5.92 Å². The fourth-order valence-corrected chi connectivity index (χ4v) is 1.83. The van der Waals surface area contributed by atoms with E-state index in [-0.39, 0.29) is 0 Å². The van der Waals surface area contributed by atoms with Crippen molar-refractivity contribution in [1.29, 1.82) is 0 Å². The van der Waals surface area contributed by atoms with Crippen LogP contribution in [-0.2, 0) is 0 Å². The van der Waals surface area contributed by atoms with E-state index >= 15 is 0 Å².